The quantitative estimate of drug-likeness (QED) is 0.761. The highest BCUT2D eigenvalue weighted by molar-refractivity contribution is 5.38. The fourth-order valence-electron chi connectivity index (χ4n) is 3.50. The number of rotatable bonds is 1. The van der Waals surface area contributed by atoms with Crippen LogP contribution in [-0.2, 0) is 10.2 Å². The van der Waals surface area contributed by atoms with E-state index in [1.165, 1.54) is 12.1 Å². The lowest BCUT2D eigenvalue weighted by Crippen LogP contribution is -2.51. The topological polar surface area (TPSA) is 33.0 Å². The van der Waals surface area contributed by atoms with E-state index in [2.05, 4.69) is 6.07 Å². The van der Waals surface area contributed by atoms with E-state index in [4.69, 9.17) is 4.74 Å². The van der Waals surface area contributed by atoms with Crippen molar-refractivity contribution in [2.75, 3.05) is 13.2 Å². The van der Waals surface area contributed by atoms with Crippen LogP contribution in [0.5, 0.6) is 0 Å². The molecule has 1 aliphatic carbocycles. The maximum atomic E-state index is 12.9. The van der Waals surface area contributed by atoms with Crippen molar-refractivity contribution in [3.63, 3.8) is 0 Å². The van der Waals surface area contributed by atoms with Gasteiger partial charge in [-0.25, -0.2) is 4.39 Å². The molecular weight excluding hydrogens is 229 g/mol. The predicted octanol–water partition coefficient (Wildman–Crippen LogP) is 3.18. The van der Waals surface area contributed by atoms with Crippen molar-refractivity contribution in [2.24, 2.45) is 5.41 Å². The standard InChI is InChI=1S/C15H16FNO/c16-13-3-1-12(2-4-13)15(11-17)9-14(10-15)5-7-18-8-6-14/h1-4H,5-10H2. The molecule has 0 bridgehead atoms. The van der Waals surface area contributed by atoms with Crippen molar-refractivity contribution in [2.45, 2.75) is 31.1 Å². The number of hydrogen-bond acceptors (Lipinski definition) is 2. The molecule has 94 valence electrons. The minimum atomic E-state index is -0.398. The molecule has 3 heteroatoms. The normalized spacial score (nSPS) is 24.2. The van der Waals surface area contributed by atoms with E-state index in [0.717, 1.165) is 44.5 Å². The van der Waals surface area contributed by atoms with E-state index in [0.29, 0.717) is 5.41 Å². The Hall–Kier alpha value is -1.40. The fourth-order valence-corrected chi connectivity index (χ4v) is 3.50. The molecule has 0 amide bonds. The van der Waals surface area contributed by atoms with Crippen LogP contribution in [0.3, 0.4) is 0 Å². The van der Waals surface area contributed by atoms with Crippen molar-refractivity contribution >= 4 is 0 Å². The van der Waals surface area contributed by atoms with Gasteiger partial charge in [0.05, 0.1) is 11.5 Å². The van der Waals surface area contributed by atoms with Crippen LogP contribution in [0.2, 0.25) is 0 Å². The van der Waals surface area contributed by atoms with Gasteiger partial charge in [-0.15, -0.1) is 0 Å². The van der Waals surface area contributed by atoms with E-state index in [1.807, 2.05) is 0 Å². The Balaban J connectivity index is 1.82. The second-order valence-corrected chi connectivity index (χ2v) is 5.67. The van der Waals surface area contributed by atoms with Crippen LogP contribution >= 0.6 is 0 Å². The largest absolute Gasteiger partial charge is 0.381 e. The SMILES string of the molecule is N#CC1(c2ccc(F)cc2)CC2(CCOCC2)C1. The van der Waals surface area contributed by atoms with Crippen LogP contribution in [0, 0.1) is 22.6 Å². The Labute approximate surface area is 106 Å². The Morgan fingerprint density at radius 1 is 1.11 bits per heavy atom. The van der Waals surface area contributed by atoms with Crippen LogP contribution in [0.25, 0.3) is 0 Å². The molecule has 2 fully saturated rings. The van der Waals surface area contributed by atoms with Crippen molar-refractivity contribution in [3.8, 4) is 6.07 Å². The number of ether oxygens (including phenoxy) is 1. The summed E-state index contributed by atoms with van der Waals surface area (Å²) in [6.45, 7) is 1.62. The minimum absolute atomic E-state index is 0.244. The monoisotopic (exact) mass is 245 g/mol. The van der Waals surface area contributed by atoms with Crippen LogP contribution < -0.4 is 0 Å². The zero-order valence-electron chi connectivity index (χ0n) is 10.3. The molecular formula is C15H16FNO. The fraction of sp³-hybridized carbons (Fsp3) is 0.533. The van der Waals surface area contributed by atoms with Gasteiger partial charge in [0.15, 0.2) is 0 Å². The predicted molar refractivity (Wildman–Crippen MR) is 65.4 cm³/mol. The average Bonchev–Trinajstić information content (AvgIpc) is 2.37. The molecule has 0 unspecified atom stereocenters. The highest BCUT2D eigenvalue weighted by Crippen LogP contribution is 2.59. The van der Waals surface area contributed by atoms with E-state index in [-0.39, 0.29) is 5.82 Å². The second-order valence-electron chi connectivity index (χ2n) is 5.67. The van der Waals surface area contributed by atoms with Gasteiger partial charge in [0.25, 0.3) is 0 Å². The third-order valence-corrected chi connectivity index (χ3v) is 4.52. The summed E-state index contributed by atoms with van der Waals surface area (Å²) < 4.78 is 18.3. The molecule has 1 saturated carbocycles. The van der Waals surface area contributed by atoms with Crippen LogP contribution in [-0.4, -0.2) is 13.2 Å². The summed E-state index contributed by atoms with van der Waals surface area (Å²) in [5, 5.41) is 9.50. The molecule has 1 heterocycles. The number of benzene rings is 1. The Kier molecular flexibility index (Phi) is 2.64. The highest BCUT2D eigenvalue weighted by atomic mass is 19.1. The van der Waals surface area contributed by atoms with Crippen LogP contribution in [0.1, 0.15) is 31.2 Å². The summed E-state index contributed by atoms with van der Waals surface area (Å²) in [6.07, 6.45) is 3.90. The zero-order chi connectivity index (χ0) is 12.6. The van der Waals surface area contributed by atoms with Crippen molar-refractivity contribution in [1.82, 2.24) is 0 Å². The first-order valence-corrected chi connectivity index (χ1v) is 6.43. The summed E-state index contributed by atoms with van der Waals surface area (Å²) in [5.74, 6) is -0.244. The van der Waals surface area contributed by atoms with E-state index in [9.17, 15) is 9.65 Å². The second kappa shape index (κ2) is 4.07. The Bertz CT molecular complexity index is 474. The zero-order valence-corrected chi connectivity index (χ0v) is 10.3. The third-order valence-electron chi connectivity index (χ3n) is 4.52. The number of hydrogen-bond donors (Lipinski definition) is 0. The molecule has 1 aliphatic heterocycles. The van der Waals surface area contributed by atoms with Gasteiger partial charge < -0.3 is 4.74 Å². The molecule has 0 atom stereocenters. The van der Waals surface area contributed by atoms with Gasteiger partial charge in [-0.3, -0.25) is 0 Å². The molecule has 1 aromatic rings. The maximum Gasteiger partial charge on any atom is 0.123 e. The van der Waals surface area contributed by atoms with Gasteiger partial charge in [-0.05, 0) is 48.8 Å². The first-order valence-electron chi connectivity index (χ1n) is 6.43. The van der Waals surface area contributed by atoms with E-state index < -0.39 is 5.41 Å². The lowest BCUT2D eigenvalue weighted by Gasteiger charge is -2.55. The average molecular weight is 245 g/mol. The summed E-state index contributed by atoms with van der Waals surface area (Å²) in [6, 6.07) is 8.86. The molecule has 2 nitrogen and oxygen atoms in total. The van der Waals surface area contributed by atoms with Crippen LogP contribution in [0.15, 0.2) is 24.3 Å². The lowest BCUT2D eigenvalue weighted by molar-refractivity contribution is -0.0578. The van der Waals surface area contributed by atoms with E-state index >= 15 is 0 Å². The number of nitrogens with zero attached hydrogens (tertiary/aromatic N) is 1. The minimum Gasteiger partial charge on any atom is -0.381 e. The van der Waals surface area contributed by atoms with Gasteiger partial charge in [-0.2, -0.15) is 5.26 Å². The Morgan fingerprint density at radius 2 is 1.72 bits per heavy atom. The highest BCUT2D eigenvalue weighted by Gasteiger charge is 2.55. The molecule has 1 spiro atoms. The summed E-state index contributed by atoms with van der Waals surface area (Å²) >= 11 is 0. The van der Waals surface area contributed by atoms with E-state index in [1.54, 1.807) is 12.1 Å². The molecule has 3 rings (SSSR count). The maximum absolute atomic E-state index is 12.9. The number of nitriles is 1. The summed E-state index contributed by atoms with van der Waals surface area (Å²) in [4.78, 5) is 0. The van der Waals surface area contributed by atoms with Crippen molar-refractivity contribution < 1.29 is 9.13 Å². The first-order chi connectivity index (χ1) is 8.68. The first kappa shape index (κ1) is 11.7. The van der Waals surface area contributed by atoms with Gasteiger partial charge in [0.2, 0.25) is 0 Å². The smallest absolute Gasteiger partial charge is 0.123 e. The van der Waals surface area contributed by atoms with Gasteiger partial charge in [-0.1, -0.05) is 12.1 Å². The van der Waals surface area contributed by atoms with Gasteiger partial charge >= 0.3 is 0 Å². The molecule has 2 aliphatic rings. The molecule has 18 heavy (non-hydrogen) atoms. The Morgan fingerprint density at radius 3 is 2.28 bits per heavy atom. The third kappa shape index (κ3) is 1.72. The van der Waals surface area contributed by atoms with Crippen molar-refractivity contribution in [3.05, 3.63) is 35.6 Å². The van der Waals surface area contributed by atoms with Crippen LogP contribution in [0.4, 0.5) is 4.39 Å². The molecule has 1 saturated heterocycles. The molecule has 0 N–H and O–H groups in total. The number of halogens is 1. The summed E-state index contributed by atoms with van der Waals surface area (Å²) in [5.41, 5.74) is 0.858. The lowest BCUT2D eigenvalue weighted by atomic mass is 9.48. The van der Waals surface area contributed by atoms with Gasteiger partial charge in [0, 0.05) is 13.2 Å². The van der Waals surface area contributed by atoms with Gasteiger partial charge in [0.1, 0.15) is 5.82 Å². The molecule has 1 aromatic carbocycles. The molecule has 0 radical (unpaired) electrons. The summed E-state index contributed by atoms with van der Waals surface area (Å²) in [7, 11) is 0. The molecule has 0 aromatic heterocycles. The van der Waals surface area contributed by atoms with Crippen molar-refractivity contribution in [1.29, 1.82) is 5.26 Å².